The highest BCUT2D eigenvalue weighted by molar-refractivity contribution is 9.10. The molecule has 1 aromatic rings. The lowest BCUT2D eigenvalue weighted by atomic mass is 9.76. The lowest BCUT2D eigenvalue weighted by Gasteiger charge is -2.37. The quantitative estimate of drug-likeness (QED) is 0.868. The second-order valence-electron chi connectivity index (χ2n) is 5.27. The number of hydrogen-bond donors (Lipinski definition) is 1. The number of hydrogen-bond acceptors (Lipinski definition) is 2. The molecule has 0 saturated heterocycles. The molecule has 0 atom stereocenters. The minimum Gasteiger partial charge on any atom is -0.313 e. The summed E-state index contributed by atoms with van der Waals surface area (Å²) in [7, 11) is 2.17. The van der Waals surface area contributed by atoms with Crippen molar-refractivity contribution in [1.29, 1.82) is 0 Å². The van der Waals surface area contributed by atoms with Gasteiger partial charge in [-0.25, -0.2) is 0 Å². The number of likely N-dealkylation sites (N-methyl/N-ethyl adjacent to an activating group) is 1. The van der Waals surface area contributed by atoms with E-state index in [1.807, 2.05) is 0 Å². The van der Waals surface area contributed by atoms with E-state index < -0.39 is 0 Å². The summed E-state index contributed by atoms with van der Waals surface area (Å²) in [4.78, 5) is 2.34. The van der Waals surface area contributed by atoms with Crippen LogP contribution in [0.5, 0.6) is 0 Å². The summed E-state index contributed by atoms with van der Waals surface area (Å²) in [5.74, 6) is 0.754. The standard InChI is InChI=1S/C15H23BrN2/c1-3-18(2)8-7-17-15-10-13(11-15)12-5-4-6-14(16)9-12/h4-6,9,13,15,17H,3,7-8,10-11H2,1-2H3. The zero-order chi connectivity index (χ0) is 13.0. The van der Waals surface area contributed by atoms with E-state index in [1.54, 1.807) is 0 Å². The predicted molar refractivity (Wildman–Crippen MR) is 81.1 cm³/mol. The first kappa shape index (κ1) is 14.0. The first-order chi connectivity index (χ1) is 8.69. The Balaban J connectivity index is 1.68. The lowest BCUT2D eigenvalue weighted by Crippen LogP contribution is -2.43. The summed E-state index contributed by atoms with van der Waals surface area (Å²) in [6.07, 6.45) is 2.57. The van der Waals surface area contributed by atoms with Gasteiger partial charge in [0.1, 0.15) is 0 Å². The van der Waals surface area contributed by atoms with E-state index >= 15 is 0 Å². The number of nitrogens with zero attached hydrogens (tertiary/aromatic N) is 1. The first-order valence-corrected chi connectivity index (χ1v) is 7.65. The summed E-state index contributed by atoms with van der Waals surface area (Å²) < 4.78 is 1.20. The fourth-order valence-corrected chi connectivity index (χ4v) is 2.85. The Hall–Kier alpha value is -0.380. The Morgan fingerprint density at radius 3 is 2.83 bits per heavy atom. The number of benzene rings is 1. The fraction of sp³-hybridized carbons (Fsp3) is 0.600. The van der Waals surface area contributed by atoms with Crippen molar-refractivity contribution in [3.8, 4) is 0 Å². The van der Waals surface area contributed by atoms with E-state index in [-0.39, 0.29) is 0 Å². The van der Waals surface area contributed by atoms with E-state index in [4.69, 9.17) is 0 Å². The third-order valence-corrected chi connectivity index (χ3v) is 4.42. The maximum atomic E-state index is 3.65. The molecule has 1 aliphatic carbocycles. The minimum atomic E-state index is 0.722. The second-order valence-corrected chi connectivity index (χ2v) is 6.19. The van der Waals surface area contributed by atoms with Gasteiger partial charge in [0.2, 0.25) is 0 Å². The first-order valence-electron chi connectivity index (χ1n) is 6.86. The van der Waals surface area contributed by atoms with Gasteiger partial charge in [0.15, 0.2) is 0 Å². The van der Waals surface area contributed by atoms with Crippen molar-refractivity contribution >= 4 is 15.9 Å². The Bertz CT molecular complexity index is 375. The number of rotatable bonds is 6. The topological polar surface area (TPSA) is 15.3 Å². The molecule has 0 unspecified atom stereocenters. The van der Waals surface area contributed by atoms with Crippen molar-refractivity contribution in [3.63, 3.8) is 0 Å². The van der Waals surface area contributed by atoms with E-state index in [2.05, 4.69) is 64.4 Å². The summed E-state index contributed by atoms with van der Waals surface area (Å²) in [5, 5.41) is 3.65. The van der Waals surface area contributed by atoms with Crippen molar-refractivity contribution in [1.82, 2.24) is 10.2 Å². The van der Waals surface area contributed by atoms with E-state index in [0.717, 1.165) is 31.6 Å². The van der Waals surface area contributed by atoms with Crippen molar-refractivity contribution in [2.24, 2.45) is 0 Å². The summed E-state index contributed by atoms with van der Waals surface area (Å²) in [6.45, 7) is 5.59. The summed E-state index contributed by atoms with van der Waals surface area (Å²) in [6, 6.07) is 9.45. The van der Waals surface area contributed by atoms with E-state index in [9.17, 15) is 0 Å². The van der Waals surface area contributed by atoms with Crippen molar-refractivity contribution in [3.05, 3.63) is 34.3 Å². The predicted octanol–water partition coefficient (Wildman–Crippen LogP) is 3.24. The highest BCUT2D eigenvalue weighted by Gasteiger charge is 2.29. The van der Waals surface area contributed by atoms with Gasteiger partial charge in [-0.05, 0) is 50.0 Å². The number of nitrogens with one attached hydrogen (secondary N) is 1. The summed E-state index contributed by atoms with van der Waals surface area (Å²) >= 11 is 3.54. The lowest BCUT2D eigenvalue weighted by molar-refractivity contribution is 0.270. The normalized spacial score (nSPS) is 23.1. The molecule has 0 aromatic heterocycles. The van der Waals surface area contributed by atoms with Crippen LogP contribution in [-0.4, -0.2) is 37.6 Å². The summed E-state index contributed by atoms with van der Waals surface area (Å²) in [5.41, 5.74) is 1.48. The van der Waals surface area contributed by atoms with Gasteiger partial charge >= 0.3 is 0 Å². The number of halogens is 1. The minimum absolute atomic E-state index is 0.722. The van der Waals surface area contributed by atoms with Crippen LogP contribution in [0.15, 0.2) is 28.7 Å². The second kappa shape index (κ2) is 6.69. The van der Waals surface area contributed by atoms with Crippen LogP contribution < -0.4 is 5.32 Å². The molecule has 0 bridgehead atoms. The molecule has 0 heterocycles. The molecule has 2 nitrogen and oxygen atoms in total. The Kier molecular flexibility index (Phi) is 5.22. The van der Waals surface area contributed by atoms with Crippen LogP contribution in [0.1, 0.15) is 31.2 Å². The average Bonchev–Trinajstić information content (AvgIpc) is 2.31. The maximum Gasteiger partial charge on any atom is 0.0178 e. The van der Waals surface area contributed by atoms with Crippen LogP contribution in [0.2, 0.25) is 0 Å². The smallest absolute Gasteiger partial charge is 0.0178 e. The van der Waals surface area contributed by atoms with E-state index in [0.29, 0.717) is 0 Å². The van der Waals surface area contributed by atoms with Gasteiger partial charge in [-0.15, -0.1) is 0 Å². The van der Waals surface area contributed by atoms with Crippen LogP contribution >= 0.6 is 15.9 Å². The third kappa shape index (κ3) is 3.81. The van der Waals surface area contributed by atoms with Gasteiger partial charge in [-0.2, -0.15) is 0 Å². The van der Waals surface area contributed by atoms with Crippen LogP contribution in [-0.2, 0) is 0 Å². The molecule has 0 aliphatic heterocycles. The molecule has 18 heavy (non-hydrogen) atoms. The van der Waals surface area contributed by atoms with Crippen LogP contribution in [0, 0.1) is 0 Å². The zero-order valence-electron chi connectivity index (χ0n) is 11.3. The highest BCUT2D eigenvalue weighted by Crippen LogP contribution is 2.37. The molecule has 0 amide bonds. The average molecular weight is 311 g/mol. The molecule has 1 saturated carbocycles. The van der Waals surface area contributed by atoms with E-state index in [1.165, 1.54) is 22.9 Å². The van der Waals surface area contributed by atoms with Crippen molar-refractivity contribution < 1.29 is 0 Å². The molecule has 1 N–H and O–H groups in total. The van der Waals surface area contributed by atoms with Gasteiger partial charge in [0.25, 0.3) is 0 Å². The monoisotopic (exact) mass is 310 g/mol. The largest absolute Gasteiger partial charge is 0.313 e. The highest BCUT2D eigenvalue weighted by atomic mass is 79.9. The van der Waals surface area contributed by atoms with Gasteiger partial charge < -0.3 is 10.2 Å². The molecule has 0 spiro atoms. The molecule has 1 fully saturated rings. The van der Waals surface area contributed by atoms with Crippen molar-refractivity contribution in [2.45, 2.75) is 31.7 Å². The molecular formula is C15H23BrN2. The van der Waals surface area contributed by atoms with Gasteiger partial charge in [-0.1, -0.05) is 35.0 Å². The molecular weight excluding hydrogens is 288 g/mol. The Labute approximate surface area is 119 Å². The molecule has 3 heteroatoms. The van der Waals surface area contributed by atoms with Gasteiger partial charge in [-0.3, -0.25) is 0 Å². The zero-order valence-corrected chi connectivity index (χ0v) is 12.9. The maximum absolute atomic E-state index is 3.65. The van der Waals surface area contributed by atoms with Crippen molar-refractivity contribution in [2.75, 3.05) is 26.7 Å². The Morgan fingerprint density at radius 1 is 1.39 bits per heavy atom. The van der Waals surface area contributed by atoms with Crippen LogP contribution in [0.4, 0.5) is 0 Å². The molecule has 1 aromatic carbocycles. The van der Waals surface area contributed by atoms with Gasteiger partial charge in [0, 0.05) is 23.6 Å². The third-order valence-electron chi connectivity index (χ3n) is 3.92. The molecule has 0 radical (unpaired) electrons. The van der Waals surface area contributed by atoms with Gasteiger partial charge in [0.05, 0.1) is 0 Å². The van der Waals surface area contributed by atoms with Crippen LogP contribution in [0.25, 0.3) is 0 Å². The fourth-order valence-electron chi connectivity index (χ4n) is 2.43. The molecule has 2 rings (SSSR count). The van der Waals surface area contributed by atoms with Crippen LogP contribution in [0.3, 0.4) is 0 Å². The molecule has 1 aliphatic rings. The Morgan fingerprint density at radius 2 is 2.17 bits per heavy atom. The SMILES string of the molecule is CCN(C)CCNC1CC(c2cccc(Br)c2)C1. The molecule has 100 valence electrons.